The molecule has 0 amide bonds. The third kappa shape index (κ3) is 4.91. The number of methoxy groups -OCH3 is 2. The van der Waals surface area contributed by atoms with E-state index in [0.29, 0.717) is 11.5 Å². The summed E-state index contributed by atoms with van der Waals surface area (Å²) in [5.74, 6) is 1.04. The smallest absolute Gasteiger partial charge is 0.317 e. The van der Waals surface area contributed by atoms with E-state index in [1.54, 1.807) is 26.4 Å². The standard InChI is InChI=1S/C17H26O4Si/c1-17(2,3)22(6,7)21-16(18)9-8-13-10-14(19-4)12-15(11-13)20-5/h8-12H,1-7H3/b9-8+. The van der Waals surface area contributed by atoms with E-state index >= 15 is 0 Å². The zero-order chi connectivity index (χ0) is 17.0. The fourth-order valence-corrected chi connectivity index (χ4v) is 2.41. The molecule has 122 valence electrons. The Hall–Kier alpha value is -1.75. The van der Waals surface area contributed by atoms with E-state index in [0.717, 1.165) is 5.56 Å². The van der Waals surface area contributed by atoms with Gasteiger partial charge in [-0.1, -0.05) is 20.8 Å². The molecule has 0 radical (unpaired) electrons. The van der Waals surface area contributed by atoms with Crippen LogP contribution in [0.2, 0.25) is 18.1 Å². The molecule has 22 heavy (non-hydrogen) atoms. The second-order valence-electron chi connectivity index (χ2n) is 6.66. The summed E-state index contributed by atoms with van der Waals surface area (Å²) in [7, 11) is 1.09. The number of hydrogen-bond donors (Lipinski definition) is 0. The summed E-state index contributed by atoms with van der Waals surface area (Å²) in [4.78, 5) is 12.1. The van der Waals surface area contributed by atoms with Gasteiger partial charge < -0.3 is 13.9 Å². The maximum atomic E-state index is 12.1. The number of benzene rings is 1. The number of ether oxygens (including phenoxy) is 2. The largest absolute Gasteiger partial charge is 0.516 e. The molecule has 0 aromatic heterocycles. The van der Waals surface area contributed by atoms with E-state index in [1.807, 2.05) is 25.2 Å². The highest BCUT2D eigenvalue weighted by atomic mass is 28.4. The third-order valence-electron chi connectivity index (χ3n) is 3.95. The van der Waals surface area contributed by atoms with E-state index < -0.39 is 8.32 Å². The van der Waals surface area contributed by atoms with E-state index in [-0.39, 0.29) is 11.0 Å². The molecule has 0 aliphatic heterocycles. The Bertz CT molecular complexity index is 534. The Morgan fingerprint density at radius 1 is 1.05 bits per heavy atom. The summed E-state index contributed by atoms with van der Waals surface area (Å²) in [6.07, 6.45) is 3.16. The van der Waals surface area contributed by atoms with Crippen LogP contribution in [0.15, 0.2) is 24.3 Å². The lowest BCUT2D eigenvalue weighted by atomic mass is 10.2. The summed E-state index contributed by atoms with van der Waals surface area (Å²) in [6.45, 7) is 10.4. The highest BCUT2D eigenvalue weighted by Crippen LogP contribution is 2.36. The Morgan fingerprint density at radius 2 is 1.55 bits per heavy atom. The third-order valence-corrected chi connectivity index (χ3v) is 8.27. The predicted octanol–water partition coefficient (Wildman–Crippen LogP) is 4.27. The van der Waals surface area contributed by atoms with Gasteiger partial charge in [0.2, 0.25) is 0 Å². The predicted molar refractivity (Wildman–Crippen MR) is 91.9 cm³/mol. The Labute approximate surface area is 134 Å². The summed E-state index contributed by atoms with van der Waals surface area (Å²) >= 11 is 0. The van der Waals surface area contributed by atoms with Crippen molar-refractivity contribution in [3.8, 4) is 11.5 Å². The van der Waals surface area contributed by atoms with Gasteiger partial charge in [-0.2, -0.15) is 0 Å². The van der Waals surface area contributed by atoms with Crippen LogP contribution in [0.25, 0.3) is 6.08 Å². The first-order chi connectivity index (χ1) is 10.1. The lowest BCUT2D eigenvalue weighted by Crippen LogP contribution is -2.42. The van der Waals surface area contributed by atoms with E-state index in [1.165, 1.54) is 6.08 Å². The number of carbonyl (C=O) groups excluding carboxylic acids is 1. The minimum Gasteiger partial charge on any atom is -0.516 e. The van der Waals surface area contributed by atoms with Crippen LogP contribution in [0.1, 0.15) is 26.3 Å². The SMILES string of the molecule is COc1cc(/C=C/C(=O)O[Si](C)(C)C(C)(C)C)cc(OC)c1. The molecule has 0 atom stereocenters. The van der Waals surface area contributed by atoms with Crippen molar-refractivity contribution in [2.75, 3.05) is 14.2 Å². The van der Waals surface area contributed by atoms with Gasteiger partial charge in [-0.25, -0.2) is 4.79 Å². The molecule has 4 nitrogen and oxygen atoms in total. The first-order valence-electron chi connectivity index (χ1n) is 7.23. The minimum absolute atomic E-state index is 0.00428. The van der Waals surface area contributed by atoms with Gasteiger partial charge in [-0.15, -0.1) is 0 Å². The zero-order valence-corrected chi connectivity index (χ0v) is 15.5. The van der Waals surface area contributed by atoms with Gasteiger partial charge in [0.1, 0.15) is 11.5 Å². The molecule has 0 heterocycles. The molecule has 0 bridgehead atoms. The molecule has 1 aromatic rings. The van der Waals surface area contributed by atoms with Gasteiger partial charge in [0.15, 0.2) is 0 Å². The normalized spacial score (nSPS) is 12.3. The Morgan fingerprint density at radius 3 is 1.95 bits per heavy atom. The van der Waals surface area contributed by atoms with Crippen LogP contribution >= 0.6 is 0 Å². The zero-order valence-electron chi connectivity index (χ0n) is 14.5. The Balaban J connectivity index is 2.86. The van der Waals surface area contributed by atoms with Crippen molar-refractivity contribution >= 4 is 20.4 Å². The molecule has 0 spiro atoms. The average Bonchev–Trinajstić information content (AvgIpc) is 2.43. The van der Waals surface area contributed by atoms with Crippen molar-refractivity contribution in [2.24, 2.45) is 0 Å². The van der Waals surface area contributed by atoms with Crippen molar-refractivity contribution in [3.05, 3.63) is 29.8 Å². The van der Waals surface area contributed by atoms with E-state index in [4.69, 9.17) is 13.9 Å². The molecule has 0 N–H and O–H groups in total. The molecule has 0 saturated heterocycles. The van der Waals surface area contributed by atoms with Gasteiger partial charge in [0.05, 0.1) is 14.2 Å². The van der Waals surface area contributed by atoms with Crippen LogP contribution in [-0.2, 0) is 9.22 Å². The molecular weight excluding hydrogens is 296 g/mol. The number of hydrogen-bond acceptors (Lipinski definition) is 4. The summed E-state index contributed by atoms with van der Waals surface area (Å²) in [5, 5.41) is -0.00428. The maximum Gasteiger partial charge on any atom is 0.317 e. The fourth-order valence-electron chi connectivity index (χ4n) is 1.53. The quantitative estimate of drug-likeness (QED) is 0.600. The lowest BCUT2D eigenvalue weighted by molar-refractivity contribution is -0.129. The lowest BCUT2D eigenvalue weighted by Gasteiger charge is -2.34. The first kappa shape index (κ1) is 18.3. The van der Waals surface area contributed by atoms with Crippen LogP contribution < -0.4 is 9.47 Å². The molecule has 0 aliphatic carbocycles. The van der Waals surface area contributed by atoms with Crippen molar-refractivity contribution in [1.29, 1.82) is 0 Å². The van der Waals surface area contributed by atoms with Gasteiger partial charge in [-0.05, 0) is 41.9 Å². The van der Waals surface area contributed by atoms with Crippen molar-refractivity contribution in [3.63, 3.8) is 0 Å². The summed E-state index contributed by atoms with van der Waals surface area (Å²) in [5.41, 5.74) is 0.823. The van der Waals surface area contributed by atoms with E-state index in [2.05, 4.69) is 20.8 Å². The second-order valence-corrected chi connectivity index (χ2v) is 11.4. The first-order valence-corrected chi connectivity index (χ1v) is 10.1. The van der Waals surface area contributed by atoms with Gasteiger partial charge in [-0.3, -0.25) is 0 Å². The van der Waals surface area contributed by atoms with Crippen LogP contribution in [0.5, 0.6) is 11.5 Å². The van der Waals surface area contributed by atoms with Gasteiger partial charge >= 0.3 is 5.97 Å². The fraction of sp³-hybridized carbons (Fsp3) is 0.471. The highest BCUT2D eigenvalue weighted by molar-refractivity contribution is 6.75. The number of rotatable bonds is 5. The monoisotopic (exact) mass is 322 g/mol. The molecule has 0 aliphatic rings. The molecule has 0 fully saturated rings. The van der Waals surface area contributed by atoms with Crippen molar-refractivity contribution < 1.29 is 18.7 Å². The molecule has 0 unspecified atom stereocenters. The van der Waals surface area contributed by atoms with Crippen LogP contribution in [0.3, 0.4) is 0 Å². The molecule has 5 heteroatoms. The summed E-state index contributed by atoms with van der Waals surface area (Å²) in [6, 6.07) is 5.45. The van der Waals surface area contributed by atoms with E-state index in [9.17, 15) is 4.79 Å². The Kier molecular flexibility index (Phi) is 5.83. The van der Waals surface area contributed by atoms with Gasteiger partial charge in [0.25, 0.3) is 8.32 Å². The van der Waals surface area contributed by atoms with Gasteiger partial charge in [0, 0.05) is 12.1 Å². The molecular formula is C17H26O4Si. The minimum atomic E-state index is -2.09. The second kappa shape index (κ2) is 7.00. The summed E-state index contributed by atoms with van der Waals surface area (Å²) < 4.78 is 16.1. The number of carbonyl (C=O) groups is 1. The molecule has 1 aromatic carbocycles. The van der Waals surface area contributed by atoms with Crippen LogP contribution in [0, 0.1) is 0 Å². The topological polar surface area (TPSA) is 44.8 Å². The van der Waals surface area contributed by atoms with Crippen LogP contribution in [0.4, 0.5) is 0 Å². The van der Waals surface area contributed by atoms with Crippen molar-refractivity contribution in [1.82, 2.24) is 0 Å². The molecule has 0 saturated carbocycles. The maximum absolute atomic E-state index is 12.1. The average molecular weight is 322 g/mol. The van der Waals surface area contributed by atoms with Crippen LogP contribution in [-0.4, -0.2) is 28.5 Å². The highest BCUT2D eigenvalue weighted by Gasteiger charge is 2.39. The molecule has 1 rings (SSSR count). The van der Waals surface area contributed by atoms with Crippen molar-refractivity contribution in [2.45, 2.75) is 38.9 Å².